The smallest absolute Gasteiger partial charge is 0.245 e. The van der Waals surface area contributed by atoms with Crippen LogP contribution in [0, 0.1) is 13.8 Å². The van der Waals surface area contributed by atoms with E-state index in [2.05, 4.69) is 20.2 Å². The van der Waals surface area contributed by atoms with E-state index in [1.165, 1.54) is 0 Å². The average molecular weight is 442 g/mol. The zero-order chi connectivity index (χ0) is 21.0. The standard InChI is InChI=1S/C19H31N5O3S2/c1-14-12-15(2)21-19(20-14)22-17(4-10-28-3)18(25)24-8-6-23(7-9-24)16-5-11-29(26,27)13-16/h12,16-17H,4-11,13H2,1-3H3,(H,20,21,22)/t16-,17-/m1/s1. The van der Waals surface area contributed by atoms with Crippen molar-refractivity contribution in [3.8, 4) is 0 Å². The van der Waals surface area contributed by atoms with E-state index in [-0.39, 0.29) is 29.5 Å². The molecule has 1 N–H and O–H groups in total. The van der Waals surface area contributed by atoms with Crippen molar-refractivity contribution in [2.75, 3.05) is 55.0 Å². The summed E-state index contributed by atoms with van der Waals surface area (Å²) in [5.74, 6) is 1.97. The Morgan fingerprint density at radius 2 is 1.90 bits per heavy atom. The lowest BCUT2D eigenvalue weighted by atomic mass is 10.1. The van der Waals surface area contributed by atoms with E-state index < -0.39 is 9.84 Å². The fourth-order valence-electron chi connectivity index (χ4n) is 4.03. The minimum atomic E-state index is -2.89. The number of rotatable bonds is 7. The van der Waals surface area contributed by atoms with E-state index in [0.29, 0.717) is 31.9 Å². The van der Waals surface area contributed by atoms with Gasteiger partial charge in [-0.05, 0) is 44.8 Å². The highest BCUT2D eigenvalue weighted by Crippen LogP contribution is 2.20. The fourth-order valence-corrected chi connectivity index (χ4v) is 6.26. The number of carbonyl (C=O) groups is 1. The second-order valence-electron chi connectivity index (χ2n) is 7.87. The van der Waals surface area contributed by atoms with Crippen LogP contribution in [-0.4, -0.2) is 95.9 Å². The Balaban J connectivity index is 1.61. The van der Waals surface area contributed by atoms with Crippen molar-refractivity contribution in [1.82, 2.24) is 19.8 Å². The van der Waals surface area contributed by atoms with Crippen LogP contribution in [0.2, 0.25) is 0 Å². The Kier molecular flexibility index (Phi) is 7.39. The van der Waals surface area contributed by atoms with Gasteiger partial charge in [0.1, 0.15) is 6.04 Å². The lowest BCUT2D eigenvalue weighted by molar-refractivity contribution is -0.134. The number of aryl methyl sites for hydroxylation is 2. The summed E-state index contributed by atoms with van der Waals surface area (Å²) in [6.45, 7) is 6.53. The second-order valence-corrected chi connectivity index (χ2v) is 11.1. The molecule has 2 saturated heterocycles. The van der Waals surface area contributed by atoms with Gasteiger partial charge in [-0.15, -0.1) is 0 Å². The van der Waals surface area contributed by atoms with Crippen molar-refractivity contribution in [2.24, 2.45) is 0 Å². The molecule has 0 bridgehead atoms. The molecule has 1 aromatic heterocycles. The number of hydrogen-bond donors (Lipinski definition) is 1. The topological polar surface area (TPSA) is 95.5 Å². The molecule has 162 valence electrons. The number of hydrogen-bond acceptors (Lipinski definition) is 8. The van der Waals surface area contributed by atoms with Crippen LogP contribution in [0.25, 0.3) is 0 Å². The molecule has 29 heavy (non-hydrogen) atoms. The van der Waals surface area contributed by atoms with Gasteiger partial charge in [0, 0.05) is 43.6 Å². The van der Waals surface area contributed by atoms with Crippen molar-refractivity contribution in [2.45, 2.75) is 38.8 Å². The SMILES string of the molecule is CSCC[C@@H](Nc1nc(C)cc(C)n1)C(=O)N1CCN([C@@H]2CCS(=O)(=O)C2)CC1. The number of piperazine rings is 1. The molecule has 3 heterocycles. The van der Waals surface area contributed by atoms with Gasteiger partial charge < -0.3 is 10.2 Å². The number of nitrogens with zero attached hydrogens (tertiary/aromatic N) is 4. The van der Waals surface area contributed by atoms with Crippen LogP contribution in [0.3, 0.4) is 0 Å². The maximum Gasteiger partial charge on any atom is 0.245 e. The third-order valence-corrected chi connectivity index (χ3v) is 7.94. The van der Waals surface area contributed by atoms with Gasteiger partial charge in [0.15, 0.2) is 9.84 Å². The molecule has 2 aliphatic heterocycles. The van der Waals surface area contributed by atoms with Crippen LogP contribution < -0.4 is 5.32 Å². The second kappa shape index (κ2) is 9.61. The van der Waals surface area contributed by atoms with Crippen molar-refractivity contribution >= 4 is 33.5 Å². The zero-order valence-electron chi connectivity index (χ0n) is 17.4. The summed E-state index contributed by atoms with van der Waals surface area (Å²) in [6.07, 6.45) is 3.44. The molecular weight excluding hydrogens is 410 g/mol. The molecule has 3 rings (SSSR count). The van der Waals surface area contributed by atoms with Gasteiger partial charge in [0.05, 0.1) is 11.5 Å². The molecule has 0 spiro atoms. The van der Waals surface area contributed by atoms with Crippen molar-refractivity contribution in [3.63, 3.8) is 0 Å². The number of sulfone groups is 1. The first-order valence-corrected chi connectivity index (χ1v) is 13.3. The summed E-state index contributed by atoms with van der Waals surface area (Å²) < 4.78 is 23.5. The molecule has 1 amide bonds. The molecule has 0 unspecified atom stereocenters. The summed E-state index contributed by atoms with van der Waals surface area (Å²) in [7, 11) is -2.89. The minimum Gasteiger partial charge on any atom is -0.342 e. The Hall–Kier alpha value is -1.39. The largest absolute Gasteiger partial charge is 0.342 e. The van der Waals surface area contributed by atoms with E-state index in [4.69, 9.17) is 0 Å². The van der Waals surface area contributed by atoms with Crippen LogP contribution in [0.5, 0.6) is 0 Å². The molecule has 10 heteroatoms. The first-order valence-electron chi connectivity index (χ1n) is 10.1. The Morgan fingerprint density at radius 3 is 2.45 bits per heavy atom. The first kappa shape index (κ1) is 22.3. The molecule has 2 fully saturated rings. The highest BCUT2D eigenvalue weighted by atomic mass is 32.2. The van der Waals surface area contributed by atoms with Crippen LogP contribution >= 0.6 is 11.8 Å². The molecule has 2 aliphatic rings. The van der Waals surface area contributed by atoms with Gasteiger partial charge >= 0.3 is 0 Å². The molecule has 0 saturated carbocycles. The van der Waals surface area contributed by atoms with Crippen LogP contribution in [0.1, 0.15) is 24.2 Å². The molecule has 8 nitrogen and oxygen atoms in total. The number of aromatic nitrogens is 2. The highest BCUT2D eigenvalue weighted by molar-refractivity contribution is 7.98. The lowest BCUT2D eigenvalue weighted by Crippen LogP contribution is -2.55. The molecule has 0 radical (unpaired) electrons. The van der Waals surface area contributed by atoms with Crippen LogP contribution in [-0.2, 0) is 14.6 Å². The third-order valence-electron chi connectivity index (χ3n) is 5.55. The van der Waals surface area contributed by atoms with Crippen molar-refractivity contribution < 1.29 is 13.2 Å². The number of amides is 1. The lowest BCUT2D eigenvalue weighted by Gasteiger charge is -2.39. The number of thioether (sulfide) groups is 1. The predicted octanol–water partition coefficient (Wildman–Crippen LogP) is 0.958. The van der Waals surface area contributed by atoms with E-state index in [0.717, 1.165) is 30.2 Å². The molecule has 0 aliphatic carbocycles. The van der Waals surface area contributed by atoms with Crippen molar-refractivity contribution in [1.29, 1.82) is 0 Å². The van der Waals surface area contributed by atoms with Crippen LogP contribution in [0.4, 0.5) is 5.95 Å². The Labute approximate surface area is 177 Å². The quantitative estimate of drug-likeness (QED) is 0.668. The van der Waals surface area contributed by atoms with E-state index in [1.807, 2.05) is 31.1 Å². The molecule has 1 aromatic rings. The van der Waals surface area contributed by atoms with Gasteiger partial charge in [-0.2, -0.15) is 11.8 Å². The van der Waals surface area contributed by atoms with E-state index in [1.54, 1.807) is 11.8 Å². The zero-order valence-corrected chi connectivity index (χ0v) is 19.1. The molecular formula is C19H31N5O3S2. The predicted molar refractivity (Wildman–Crippen MR) is 117 cm³/mol. The van der Waals surface area contributed by atoms with Crippen molar-refractivity contribution in [3.05, 3.63) is 17.5 Å². The maximum atomic E-state index is 13.2. The average Bonchev–Trinajstić information content (AvgIpc) is 3.03. The van der Waals surface area contributed by atoms with Crippen LogP contribution in [0.15, 0.2) is 6.07 Å². The number of carbonyl (C=O) groups excluding carboxylic acids is 1. The fraction of sp³-hybridized carbons (Fsp3) is 0.737. The molecule has 0 aromatic carbocycles. The normalized spacial score (nSPS) is 23.1. The van der Waals surface area contributed by atoms with Gasteiger partial charge in [0.25, 0.3) is 0 Å². The minimum absolute atomic E-state index is 0.0699. The summed E-state index contributed by atoms with van der Waals surface area (Å²) in [5, 5.41) is 3.25. The summed E-state index contributed by atoms with van der Waals surface area (Å²) in [5.41, 5.74) is 1.74. The first-order chi connectivity index (χ1) is 13.8. The number of anilines is 1. The third kappa shape index (κ3) is 6.05. The number of nitrogens with one attached hydrogen (secondary N) is 1. The van der Waals surface area contributed by atoms with Gasteiger partial charge in [0.2, 0.25) is 11.9 Å². The van der Waals surface area contributed by atoms with Gasteiger partial charge in [-0.1, -0.05) is 0 Å². The monoisotopic (exact) mass is 441 g/mol. The summed E-state index contributed by atoms with van der Waals surface area (Å²) in [6, 6.07) is 1.65. The Bertz CT molecular complexity index is 805. The summed E-state index contributed by atoms with van der Waals surface area (Å²) >= 11 is 1.71. The van der Waals surface area contributed by atoms with Gasteiger partial charge in [-0.25, -0.2) is 18.4 Å². The Morgan fingerprint density at radius 1 is 1.24 bits per heavy atom. The highest BCUT2D eigenvalue weighted by Gasteiger charge is 2.35. The van der Waals surface area contributed by atoms with E-state index in [9.17, 15) is 13.2 Å². The molecule has 2 atom stereocenters. The van der Waals surface area contributed by atoms with E-state index >= 15 is 0 Å². The summed E-state index contributed by atoms with van der Waals surface area (Å²) in [4.78, 5) is 26.2. The van der Waals surface area contributed by atoms with Gasteiger partial charge in [-0.3, -0.25) is 9.69 Å². The maximum absolute atomic E-state index is 13.2.